The number of methoxy groups -OCH3 is 1. The smallest absolute Gasteiger partial charge is 0.328 e. The van der Waals surface area contributed by atoms with Gasteiger partial charge in [-0.05, 0) is 31.7 Å². The lowest BCUT2D eigenvalue weighted by molar-refractivity contribution is -0.147. The van der Waals surface area contributed by atoms with Crippen molar-refractivity contribution < 1.29 is 14.3 Å². The molecule has 1 aromatic heterocycles. The molecule has 1 fully saturated rings. The number of amides is 1. The van der Waals surface area contributed by atoms with E-state index in [0.29, 0.717) is 19.5 Å². The summed E-state index contributed by atoms with van der Waals surface area (Å²) in [6.45, 7) is 3.00. The molecule has 2 heterocycles. The normalized spacial score (nSPS) is 17.8. The van der Waals surface area contributed by atoms with Crippen LogP contribution in [0.2, 0.25) is 0 Å². The zero-order valence-electron chi connectivity index (χ0n) is 13.7. The molecule has 1 atom stereocenters. The van der Waals surface area contributed by atoms with Gasteiger partial charge in [0.15, 0.2) is 0 Å². The van der Waals surface area contributed by atoms with Gasteiger partial charge in [0.2, 0.25) is 0 Å². The van der Waals surface area contributed by atoms with Crippen molar-refractivity contribution in [1.82, 2.24) is 14.7 Å². The van der Waals surface area contributed by atoms with Crippen molar-refractivity contribution in [3.63, 3.8) is 0 Å². The van der Waals surface area contributed by atoms with Crippen LogP contribution in [0.25, 0.3) is 0 Å². The number of aromatic nitrogens is 2. The molecule has 0 aromatic carbocycles. The minimum atomic E-state index is -0.570. The molecule has 23 heavy (non-hydrogen) atoms. The van der Waals surface area contributed by atoms with E-state index in [1.54, 1.807) is 0 Å². The first-order chi connectivity index (χ1) is 11.1. The highest BCUT2D eigenvalue weighted by atomic mass is 16.5. The first kappa shape index (κ1) is 17.2. The van der Waals surface area contributed by atoms with Gasteiger partial charge in [-0.2, -0.15) is 5.10 Å². The number of nitrogens with zero attached hydrogens (tertiary/aromatic N) is 3. The van der Waals surface area contributed by atoms with Gasteiger partial charge in [0.05, 0.1) is 7.11 Å². The maximum atomic E-state index is 12.7. The van der Waals surface area contributed by atoms with Crippen molar-refractivity contribution >= 4 is 11.9 Å². The van der Waals surface area contributed by atoms with Crippen molar-refractivity contribution in [2.24, 2.45) is 0 Å². The number of hydrogen-bond acceptors (Lipinski definition) is 5. The van der Waals surface area contributed by atoms with Crippen molar-refractivity contribution in [1.29, 1.82) is 0 Å². The van der Waals surface area contributed by atoms with Gasteiger partial charge in [0.25, 0.3) is 11.5 Å². The second-order valence-electron chi connectivity index (χ2n) is 5.67. The lowest BCUT2D eigenvalue weighted by Gasteiger charge is -2.33. The van der Waals surface area contributed by atoms with Gasteiger partial charge in [-0.3, -0.25) is 9.59 Å². The van der Waals surface area contributed by atoms with Gasteiger partial charge in [-0.15, -0.1) is 0 Å². The summed E-state index contributed by atoms with van der Waals surface area (Å²) in [6.07, 6.45) is 4.07. The standard InChI is InChI=1S/C16H23N3O4/c1-3-4-11-19-14(20)9-8-12(17-19)15(21)18-10-6-5-7-13(18)16(22)23-2/h8-9,13H,3-7,10-11H2,1-2H3. The molecule has 126 valence electrons. The summed E-state index contributed by atoms with van der Waals surface area (Å²) in [5.74, 6) is -0.734. The van der Waals surface area contributed by atoms with Crippen LogP contribution in [0.3, 0.4) is 0 Å². The first-order valence-electron chi connectivity index (χ1n) is 8.05. The fourth-order valence-electron chi connectivity index (χ4n) is 2.73. The van der Waals surface area contributed by atoms with Crippen LogP contribution < -0.4 is 5.56 Å². The Balaban J connectivity index is 2.24. The summed E-state index contributed by atoms with van der Waals surface area (Å²) in [4.78, 5) is 37.9. The van der Waals surface area contributed by atoms with Crippen LogP contribution in [-0.4, -0.2) is 46.3 Å². The number of carbonyl (C=O) groups excluding carboxylic acids is 2. The Morgan fingerprint density at radius 1 is 1.35 bits per heavy atom. The van der Waals surface area contributed by atoms with E-state index in [0.717, 1.165) is 25.7 Å². The molecule has 1 aromatic rings. The quantitative estimate of drug-likeness (QED) is 0.761. The SMILES string of the molecule is CCCCn1nc(C(=O)N2CCCCC2C(=O)OC)ccc1=O. The van der Waals surface area contributed by atoms with E-state index in [4.69, 9.17) is 4.74 Å². The number of hydrogen-bond donors (Lipinski definition) is 0. The van der Waals surface area contributed by atoms with Crippen LogP contribution in [0.4, 0.5) is 0 Å². The lowest BCUT2D eigenvalue weighted by Crippen LogP contribution is -2.49. The molecule has 1 aliphatic heterocycles. The number of aryl methyl sites for hydroxylation is 1. The minimum Gasteiger partial charge on any atom is -0.467 e. The molecule has 0 spiro atoms. The Bertz CT molecular complexity index is 626. The van der Waals surface area contributed by atoms with E-state index in [9.17, 15) is 14.4 Å². The largest absolute Gasteiger partial charge is 0.467 e. The molecule has 0 radical (unpaired) electrons. The second-order valence-corrected chi connectivity index (χ2v) is 5.67. The number of unbranched alkanes of at least 4 members (excludes halogenated alkanes) is 1. The Hall–Kier alpha value is -2.18. The van der Waals surface area contributed by atoms with Crippen LogP contribution in [0, 0.1) is 0 Å². The molecule has 1 aliphatic rings. The minimum absolute atomic E-state index is 0.191. The molecular formula is C16H23N3O4. The van der Waals surface area contributed by atoms with E-state index in [-0.39, 0.29) is 17.2 Å². The third kappa shape index (κ3) is 3.97. The molecule has 1 unspecified atom stereocenters. The van der Waals surface area contributed by atoms with Gasteiger partial charge in [0.1, 0.15) is 11.7 Å². The summed E-state index contributed by atoms with van der Waals surface area (Å²) in [5.41, 5.74) is -0.0327. The van der Waals surface area contributed by atoms with Crippen molar-refractivity contribution in [3.05, 3.63) is 28.2 Å². The average molecular weight is 321 g/mol. The number of ether oxygens (including phenoxy) is 1. The van der Waals surface area contributed by atoms with Crippen molar-refractivity contribution in [2.75, 3.05) is 13.7 Å². The molecule has 2 rings (SSSR count). The lowest BCUT2D eigenvalue weighted by atomic mass is 10.0. The maximum Gasteiger partial charge on any atom is 0.328 e. The zero-order chi connectivity index (χ0) is 16.8. The summed E-state index contributed by atoms with van der Waals surface area (Å²) in [6, 6.07) is 2.21. The monoisotopic (exact) mass is 321 g/mol. The van der Waals surface area contributed by atoms with Crippen LogP contribution in [0.1, 0.15) is 49.5 Å². The van der Waals surface area contributed by atoms with Gasteiger partial charge >= 0.3 is 5.97 Å². The van der Waals surface area contributed by atoms with Crippen LogP contribution >= 0.6 is 0 Å². The number of rotatable bonds is 5. The molecule has 0 aliphatic carbocycles. The van der Waals surface area contributed by atoms with E-state index >= 15 is 0 Å². The van der Waals surface area contributed by atoms with E-state index in [2.05, 4.69) is 5.10 Å². The molecule has 1 saturated heterocycles. The number of likely N-dealkylation sites (tertiary alicyclic amines) is 1. The number of piperidine rings is 1. The highest BCUT2D eigenvalue weighted by Gasteiger charge is 2.34. The van der Waals surface area contributed by atoms with Gasteiger partial charge < -0.3 is 9.64 Å². The van der Waals surface area contributed by atoms with Crippen molar-refractivity contribution in [3.8, 4) is 0 Å². The zero-order valence-corrected chi connectivity index (χ0v) is 13.7. The molecule has 7 heteroatoms. The summed E-state index contributed by atoms with van der Waals surface area (Å²) >= 11 is 0. The third-order valence-corrected chi connectivity index (χ3v) is 4.05. The molecule has 1 amide bonds. The summed E-state index contributed by atoms with van der Waals surface area (Å²) in [5, 5.41) is 4.17. The molecule has 0 N–H and O–H groups in total. The Labute approximate surface area is 135 Å². The Morgan fingerprint density at radius 3 is 2.83 bits per heavy atom. The maximum absolute atomic E-state index is 12.7. The van der Waals surface area contributed by atoms with Gasteiger partial charge in [-0.1, -0.05) is 13.3 Å². The Morgan fingerprint density at radius 2 is 2.13 bits per heavy atom. The third-order valence-electron chi connectivity index (χ3n) is 4.05. The summed E-state index contributed by atoms with van der Waals surface area (Å²) in [7, 11) is 1.32. The summed E-state index contributed by atoms with van der Waals surface area (Å²) < 4.78 is 6.11. The van der Waals surface area contributed by atoms with Crippen LogP contribution in [0.15, 0.2) is 16.9 Å². The fraction of sp³-hybridized carbons (Fsp3) is 0.625. The van der Waals surface area contributed by atoms with E-state index in [1.807, 2.05) is 6.92 Å². The molecule has 0 saturated carbocycles. The molecular weight excluding hydrogens is 298 g/mol. The highest BCUT2D eigenvalue weighted by molar-refractivity contribution is 5.95. The average Bonchev–Trinajstić information content (AvgIpc) is 2.59. The van der Waals surface area contributed by atoms with Crippen LogP contribution in [-0.2, 0) is 16.1 Å². The second kappa shape index (κ2) is 7.89. The predicted molar refractivity (Wildman–Crippen MR) is 84.1 cm³/mol. The Kier molecular flexibility index (Phi) is 5.90. The van der Waals surface area contributed by atoms with Gasteiger partial charge in [-0.25, -0.2) is 9.48 Å². The predicted octanol–water partition coefficient (Wildman–Crippen LogP) is 1.21. The molecule has 0 bridgehead atoms. The number of esters is 1. The first-order valence-corrected chi connectivity index (χ1v) is 8.05. The van der Waals surface area contributed by atoms with Crippen LogP contribution in [0.5, 0.6) is 0 Å². The van der Waals surface area contributed by atoms with Gasteiger partial charge in [0, 0.05) is 19.2 Å². The van der Waals surface area contributed by atoms with Crippen molar-refractivity contribution in [2.45, 2.75) is 51.6 Å². The van der Waals surface area contributed by atoms with E-state index < -0.39 is 12.0 Å². The topological polar surface area (TPSA) is 81.5 Å². The number of carbonyl (C=O) groups is 2. The molecule has 7 nitrogen and oxygen atoms in total. The fourth-order valence-corrected chi connectivity index (χ4v) is 2.73. The van der Waals surface area contributed by atoms with E-state index in [1.165, 1.54) is 28.8 Å². The highest BCUT2D eigenvalue weighted by Crippen LogP contribution is 2.20.